The number of carbonyl (C=O) groups excluding carboxylic acids is 1. The minimum Gasteiger partial charge on any atom is -0.348 e. The van der Waals surface area contributed by atoms with Gasteiger partial charge in [-0.25, -0.2) is 8.78 Å². The molecule has 3 nitrogen and oxygen atoms in total. The molecule has 0 unspecified atom stereocenters. The normalized spacial score (nSPS) is 20.0. The van der Waals surface area contributed by atoms with E-state index in [1.165, 1.54) is 0 Å². The topological polar surface area (TPSA) is 41.1 Å². The third-order valence-corrected chi connectivity index (χ3v) is 2.81. The van der Waals surface area contributed by atoms with Crippen molar-refractivity contribution in [2.45, 2.75) is 18.9 Å². The van der Waals surface area contributed by atoms with Crippen molar-refractivity contribution in [1.29, 1.82) is 0 Å². The summed E-state index contributed by atoms with van der Waals surface area (Å²) in [5.74, 6) is -2.00. The third-order valence-electron chi connectivity index (χ3n) is 2.81. The summed E-state index contributed by atoms with van der Waals surface area (Å²) >= 11 is 0. The van der Waals surface area contributed by atoms with Gasteiger partial charge < -0.3 is 10.6 Å². The van der Waals surface area contributed by atoms with Gasteiger partial charge in [-0.15, -0.1) is 0 Å². The molecular weight excluding hydrogens is 226 g/mol. The number of benzene rings is 1. The van der Waals surface area contributed by atoms with Gasteiger partial charge >= 0.3 is 0 Å². The van der Waals surface area contributed by atoms with Crippen molar-refractivity contribution in [2.24, 2.45) is 0 Å². The van der Waals surface area contributed by atoms with E-state index in [-0.39, 0.29) is 11.6 Å². The maximum absolute atomic E-state index is 13.3. The van der Waals surface area contributed by atoms with Gasteiger partial charge in [0.15, 0.2) is 0 Å². The minimum atomic E-state index is -0.828. The van der Waals surface area contributed by atoms with Crippen LogP contribution in [0.15, 0.2) is 18.2 Å². The SMILES string of the molecule is O=C(N[C@@H]1CCCNC1)c1ccc(F)cc1F. The Kier molecular flexibility index (Phi) is 3.68. The summed E-state index contributed by atoms with van der Waals surface area (Å²) in [7, 11) is 0. The summed E-state index contributed by atoms with van der Waals surface area (Å²) in [6.07, 6.45) is 1.86. The lowest BCUT2D eigenvalue weighted by Crippen LogP contribution is -2.45. The molecular formula is C12H14F2N2O. The van der Waals surface area contributed by atoms with E-state index < -0.39 is 17.5 Å². The van der Waals surface area contributed by atoms with Gasteiger partial charge in [-0.2, -0.15) is 0 Å². The largest absolute Gasteiger partial charge is 0.348 e. The average Bonchev–Trinajstić information content (AvgIpc) is 2.30. The van der Waals surface area contributed by atoms with Gasteiger partial charge in [-0.1, -0.05) is 0 Å². The van der Waals surface area contributed by atoms with Crippen LogP contribution in [0.3, 0.4) is 0 Å². The van der Waals surface area contributed by atoms with E-state index in [1.54, 1.807) is 0 Å². The fourth-order valence-corrected chi connectivity index (χ4v) is 1.91. The zero-order valence-electron chi connectivity index (χ0n) is 9.30. The number of nitrogens with one attached hydrogen (secondary N) is 2. The third kappa shape index (κ3) is 3.00. The molecule has 0 aromatic heterocycles. The number of amides is 1. The van der Waals surface area contributed by atoms with Crippen molar-refractivity contribution in [1.82, 2.24) is 10.6 Å². The van der Waals surface area contributed by atoms with Crippen molar-refractivity contribution in [3.05, 3.63) is 35.4 Å². The molecule has 1 aliphatic rings. The van der Waals surface area contributed by atoms with E-state index in [4.69, 9.17) is 0 Å². The van der Waals surface area contributed by atoms with Crippen molar-refractivity contribution in [3.8, 4) is 0 Å². The molecule has 0 spiro atoms. The number of halogens is 2. The summed E-state index contributed by atoms with van der Waals surface area (Å²) in [6.45, 7) is 1.63. The lowest BCUT2D eigenvalue weighted by atomic mass is 10.1. The number of piperidine rings is 1. The van der Waals surface area contributed by atoms with E-state index in [9.17, 15) is 13.6 Å². The highest BCUT2D eigenvalue weighted by Gasteiger charge is 2.18. The fraction of sp³-hybridized carbons (Fsp3) is 0.417. The summed E-state index contributed by atoms with van der Waals surface area (Å²) in [6, 6.07) is 2.97. The summed E-state index contributed by atoms with van der Waals surface area (Å²) in [5, 5.41) is 5.88. The summed E-state index contributed by atoms with van der Waals surface area (Å²) in [4.78, 5) is 11.7. The van der Waals surface area contributed by atoms with Gasteiger partial charge in [0.2, 0.25) is 0 Å². The van der Waals surface area contributed by atoms with E-state index >= 15 is 0 Å². The molecule has 1 aromatic rings. The van der Waals surface area contributed by atoms with E-state index in [2.05, 4.69) is 10.6 Å². The monoisotopic (exact) mass is 240 g/mol. The first-order valence-electron chi connectivity index (χ1n) is 5.63. The Morgan fingerprint density at radius 2 is 2.24 bits per heavy atom. The minimum absolute atomic E-state index is 0.0145. The second kappa shape index (κ2) is 5.23. The number of carbonyl (C=O) groups is 1. The highest BCUT2D eigenvalue weighted by Crippen LogP contribution is 2.10. The van der Waals surface area contributed by atoms with Crippen LogP contribution in [-0.4, -0.2) is 25.0 Å². The molecule has 1 aromatic carbocycles. The van der Waals surface area contributed by atoms with Crippen LogP contribution >= 0.6 is 0 Å². The first-order chi connectivity index (χ1) is 8.16. The molecule has 1 amide bonds. The quantitative estimate of drug-likeness (QED) is 0.821. The van der Waals surface area contributed by atoms with E-state index in [1.807, 2.05) is 0 Å². The van der Waals surface area contributed by atoms with Gasteiger partial charge in [-0.05, 0) is 31.5 Å². The molecule has 5 heteroatoms. The van der Waals surface area contributed by atoms with Crippen LogP contribution in [0, 0.1) is 11.6 Å². The molecule has 0 aliphatic carbocycles. The van der Waals surface area contributed by atoms with Crippen LogP contribution < -0.4 is 10.6 Å². The predicted octanol–water partition coefficient (Wildman–Crippen LogP) is 1.45. The molecule has 1 fully saturated rings. The number of hydrogen-bond donors (Lipinski definition) is 2. The van der Waals surface area contributed by atoms with Gasteiger partial charge in [0.1, 0.15) is 11.6 Å². The van der Waals surface area contributed by atoms with Crippen LogP contribution in [0.4, 0.5) is 8.78 Å². The number of rotatable bonds is 2. The smallest absolute Gasteiger partial charge is 0.254 e. The van der Waals surface area contributed by atoms with Crippen molar-refractivity contribution < 1.29 is 13.6 Å². The average molecular weight is 240 g/mol. The fourth-order valence-electron chi connectivity index (χ4n) is 1.91. The highest BCUT2D eigenvalue weighted by atomic mass is 19.1. The summed E-state index contributed by atoms with van der Waals surface area (Å²) < 4.78 is 26.0. The second-order valence-corrected chi connectivity index (χ2v) is 4.14. The van der Waals surface area contributed by atoms with Gasteiger partial charge in [0, 0.05) is 18.7 Å². The standard InChI is InChI=1S/C12H14F2N2O/c13-8-3-4-10(11(14)6-8)12(17)16-9-2-1-5-15-7-9/h3-4,6,9,15H,1-2,5,7H2,(H,16,17)/t9-/m1/s1. The Balaban J connectivity index is 2.03. The first-order valence-corrected chi connectivity index (χ1v) is 5.63. The molecule has 0 saturated carbocycles. The van der Waals surface area contributed by atoms with E-state index in [0.717, 1.165) is 31.5 Å². The van der Waals surface area contributed by atoms with Gasteiger partial charge in [0.25, 0.3) is 5.91 Å². The second-order valence-electron chi connectivity index (χ2n) is 4.14. The lowest BCUT2D eigenvalue weighted by Gasteiger charge is -2.23. The predicted molar refractivity (Wildman–Crippen MR) is 59.7 cm³/mol. The molecule has 1 aliphatic heterocycles. The molecule has 1 atom stereocenters. The van der Waals surface area contributed by atoms with Crippen LogP contribution in [0.1, 0.15) is 23.2 Å². The molecule has 1 heterocycles. The van der Waals surface area contributed by atoms with Gasteiger partial charge in [-0.3, -0.25) is 4.79 Å². The van der Waals surface area contributed by atoms with Crippen LogP contribution in [-0.2, 0) is 0 Å². The Morgan fingerprint density at radius 3 is 2.88 bits per heavy atom. The molecule has 1 saturated heterocycles. The number of hydrogen-bond acceptors (Lipinski definition) is 2. The Morgan fingerprint density at radius 1 is 1.41 bits per heavy atom. The van der Waals surface area contributed by atoms with Crippen molar-refractivity contribution in [2.75, 3.05) is 13.1 Å². The Hall–Kier alpha value is -1.49. The molecule has 2 N–H and O–H groups in total. The molecule has 92 valence electrons. The maximum atomic E-state index is 13.3. The zero-order valence-corrected chi connectivity index (χ0v) is 9.30. The van der Waals surface area contributed by atoms with E-state index in [0.29, 0.717) is 12.6 Å². The van der Waals surface area contributed by atoms with Crippen molar-refractivity contribution >= 4 is 5.91 Å². The first kappa shape index (κ1) is 12.0. The van der Waals surface area contributed by atoms with Crippen LogP contribution in [0.2, 0.25) is 0 Å². The molecule has 0 bridgehead atoms. The zero-order chi connectivity index (χ0) is 12.3. The highest BCUT2D eigenvalue weighted by molar-refractivity contribution is 5.94. The molecule has 17 heavy (non-hydrogen) atoms. The Labute approximate surface area is 98.2 Å². The van der Waals surface area contributed by atoms with Gasteiger partial charge in [0.05, 0.1) is 5.56 Å². The van der Waals surface area contributed by atoms with Crippen molar-refractivity contribution in [3.63, 3.8) is 0 Å². The lowest BCUT2D eigenvalue weighted by molar-refractivity contribution is 0.0926. The maximum Gasteiger partial charge on any atom is 0.254 e. The van der Waals surface area contributed by atoms with Crippen LogP contribution in [0.5, 0.6) is 0 Å². The Bertz CT molecular complexity index is 417. The molecule has 0 radical (unpaired) electrons. The summed E-state index contributed by atoms with van der Waals surface area (Å²) in [5.41, 5.74) is -0.114. The molecule has 2 rings (SSSR count). The van der Waals surface area contributed by atoms with Crippen LogP contribution in [0.25, 0.3) is 0 Å².